The van der Waals surface area contributed by atoms with E-state index in [-0.39, 0.29) is 5.56 Å². The number of fused-ring (bicyclic) bond motifs is 1. The zero-order valence-corrected chi connectivity index (χ0v) is 10.4. The number of carboxylic acid groups (broad SMARTS) is 1. The van der Waals surface area contributed by atoms with Crippen LogP contribution in [0.25, 0.3) is 16.9 Å². The zero-order valence-electron chi connectivity index (χ0n) is 10.4. The number of carboxylic acids is 1. The van der Waals surface area contributed by atoms with Crippen molar-refractivity contribution in [3.63, 3.8) is 0 Å². The maximum Gasteiger partial charge on any atom is 0.336 e. The van der Waals surface area contributed by atoms with E-state index in [1.165, 1.54) is 0 Å². The van der Waals surface area contributed by atoms with Crippen molar-refractivity contribution in [2.24, 2.45) is 0 Å². The van der Waals surface area contributed by atoms with Crippen LogP contribution in [0.2, 0.25) is 0 Å². The molecule has 0 aliphatic heterocycles. The lowest BCUT2D eigenvalue weighted by Gasteiger charge is -2.01. The second kappa shape index (κ2) is 4.24. The first-order chi connectivity index (χ1) is 9.15. The van der Waals surface area contributed by atoms with Crippen LogP contribution in [-0.4, -0.2) is 20.5 Å². The van der Waals surface area contributed by atoms with Crippen molar-refractivity contribution < 1.29 is 9.90 Å². The normalized spacial score (nSPS) is 10.8. The van der Waals surface area contributed by atoms with Crippen molar-refractivity contribution in [3.05, 3.63) is 59.9 Å². The summed E-state index contributed by atoms with van der Waals surface area (Å²) in [6.45, 7) is 2.00. The van der Waals surface area contributed by atoms with Crippen LogP contribution in [0, 0.1) is 6.92 Å². The van der Waals surface area contributed by atoms with Crippen LogP contribution in [0.15, 0.2) is 48.8 Å². The molecule has 2 aromatic heterocycles. The first-order valence-electron chi connectivity index (χ1n) is 5.93. The third-order valence-corrected chi connectivity index (χ3v) is 3.05. The Morgan fingerprint density at radius 2 is 2.05 bits per heavy atom. The van der Waals surface area contributed by atoms with E-state index >= 15 is 0 Å². The van der Waals surface area contributed by atoms with Gasteiger partial charge in [-0.1, -0.05) is 18.2 Å². The molecule has 0 saturated carbocycles. The van der Waals surface area contributed by atoms with E-state index in [9.17, 15) is 9.90 Å². The smallest absolute Gasteiger partial charge is 0.336 e. The van der Waals surface area contributed by atoms with E-state index < -0.39 is 5.97 Å². The lowest BCUT2D eigenvalue weighted by Crippen LogP contribution is -1.98. The molecule has 0 amide bonds. The highest BCUT2D eigenvalue weighted by Gasteiger charge is 2.13. The molecule has 94 valence electrons. The maximum absolute atomic E-state index is 11.2. The van der Waals surface area contributed by atoms with Crippen molar-refractivity contribution in [1.82, 2.24) is 9.38 Å². The Balaban J connectivity index is 2.22. The minimum atomic E-state index is -0.941. The number of benzene rings is 1. The number of aromatic carboxylic acids is 1. The number of pyridine rings is 1. The number of aromatic nitrogens is 2. The minimum absolute atomic E-state index is 0.266. The largest absolute Gasteiger partial charge is 0.478 e. The van der Waals surface area contributed by atoms with Crippen molar-refractivity contribution in [2.45, 2.75) is 6.92 Å². The van der Waals surface area contributed by atoms with Gasteiger partial charge in [-0.05, 0) is 30.7 Å². The van der Waals surface area contributed by atoms with E-state index in [1.807, 2.05) is 41.9 Å². The molecule has 1 aromatic carbocycles. The molecule has 0 aliphatic rings. The van der Waals surface area contributed by atoms with Gasteiger partial charge in [0.15, 0.2) is 0 Å². The van der Waals surface area contributed by atoms with Gasteiger partial charge in [0.1, 0.15) is 5.65 Å². The lowest BCUT2D eigenvalue weighted by molar-refractivity contribution is 0.0697. The topological polar surface area (TPSA) is 54.6 Å². The molecule has 2 heterocycles. The fraction of sp³-hybridized carbons (Fsp3) is 0.0667. The number of imidazole rings is 1. The summed E-state index contributed by atoms with van der Waals surface area (Å²) in [5.74, 6) is -0.941. The van der Waals surface area contributed by atoms with Crippen LogP contribution < -0.4 is 0 Å². The van der Waals surface area contributed by atoms with E-state index in [4.69, 9.17) is 0 Å². The van der Waals surface area contributed by atoms with Crippen LogP contribution in [-0.2, 0) is 0 Å². The molecule has 0 aliphatic carbocycles. The van der Waals surface area contributed by atoms with Gasteiger partial charge in [0.25, 0.3) is 0 Å². The molecular weight excluding hydrogens is 240 g/mol. The van der Waals surface area contributed by atoms with Gasteiger partial charge in [-0.2, -0.15) is 0 Å². The molecule has 3 rings (SSSR count). The second-order valence-corrected chi connectivity index (χ2v) is 4.45. The van der Waals surface area contributed by atoms with Gasteiger partial charge >= 0.3 is 5.97 Å². The summed E-state index contributed by atoms with van der Waals surface area (Å²) in [6.07, 6.45) is 3.76. The first-order valence-corrected chi connectivity index (χ1v) is 5.93. The summed E-state index contributed by atoms with van der Waals surface area (Å²) in [7, 11) is 0. The second-order valence-electron chi connectivity index (χ2n) is 4.45. The standard InChI is InChI=1S/C15H12N2O2/c1-10-6-7-17-9-13(16-14(17)8-10)11-4-2-3-5-12(11)15(18)19/h2-9H,1H3,(H,18,19). The van der Waals surface area contributed by atoms with Gasteiger partial charge in [0.2, 0.25) is 0 Å². The first kappa shape index (κ1) is 11.5. The van der Waals surface area contributed by atoms with Gasteiger partial charge in [-0.25, -0.2) is 9.78 Å². The predicted molar refractivity (Wildman–Crippen MR) is 72.3 cm³/mol. The Morgan fingerprint density at radius 1 is 1.26 bits per heavy atom. The Morgan fingerprint density at radius 3 is 2.84 bits per heavy atom. The highest BCUT2D eigenvalue weighted by Crippen LogP contribution is 2.23. The van der Waals surface area contributed by atoms with E-state index in [2.05, 4.69) is 4.98 Å². The van der Waals surface area contributed by atoms with Crippen molar-refractivity contribution >= 4 is 11.6 Å². The monoisotopic (exact) mass is 252 g/mol. The average molecular weight is 252 g/mol. The molecule has 0 atom stereocenters. The quantitative estimate of drug-likeness (QED) is 0.762. The molecule has 0 saturated heterocycles. The summed E-state index contributed by atoms with van der Waals surface area (Å²) >= 11 is 0. The molecule has 3 aromatic rings. The molecule has 4 heteroatoms. The Hall–Kier alpha value is -2.62. The molecule has 1 N–H and O–H groups in total. The van der Waals surface area contributed by atoms with Crippen LogP contribution in [0.4, 0.5) is 0 Å². The van der Waals surface area contributed by atoms with E-state index in [0.717, 1.165) is 11.2 Å². The molecule has 0 spiro atoms. The average Bonchev–Trinajstić information content (AvgIpc) is 2.81. The Labute approximate surface area is 110 Å². The summed E-state index contributed by atoms with van der Waals surface area (Å²) in [5.41, 5.74) is 3.51. The predicted octanol–water partition coefficient (Wildman–Crippen LogP) is 3.01. The van der Waals surface area contributed by atoms with E-state index in [0.29, 0.717) is 11.3 Å². The number of rotatable bonds is 2. The summed E-state index contributed by atoms with van der Waals surface area (Å²) < 4.78 is 1.89. The number of aryl methyl sites for hydroxylation is 1. The van der Waals surface area contributed by atoms with Gasteiger partial charge in [-0.15, -0.1) is 0 Å². The third kappa shape index (κ3) is 1.97. The Kier molecular flexibility index (Phi) is 2.56. The number of hydrogen-bond acceptors (Lipinski definition) is 2. The molecule has 0 fully saturated rings. The van der Waals surface area contributed by atoms with Gasteiger partial charge in [0.05, 0.1) is 11.3 Å². The van der Waals surface area contributed by atoms with Crippen LogP contribution in [0.5, 0.6) is 0 Å². The maximum atomic E-state index is 11.2. The summed E-state index contributed by atoms with van der Waals surface area (Å²) in [5, 5.41) is 9.21. The number of nitrogens with zero attached hydrogens (tertiary/aromatic N) is 2. The molecule has 0 bridgehead atoms. The van der Waals surface area contributed by atoms with Crippen molar-refractivity contribution in [3.8, 4) is 11.3 Å². The van der Waals surface area contributed by atoms with E-state index in [1.54, 1.807) is 18.2 Å². The van der Waals surface area contributed by atoms with Crippen molar-refractivity contribution in [2.75, 3.05) is 0 Å². The zero-order chi connectivity index (χ0) is 13.4. The SMILES string of the molecule is Cc1ccn2cc(-c3ccccc3C(=O)O)nc2c1. The van der Waals surface area contributed by atoms with Gasteiger partial charge in [0, 0.05) is 18.0 Å². The van der Waals surface area contributed by atoms with Crippen LogP contribution in [0.1, 0.15) is 15.9 Å². The fourth-order valence-electron chi connectivity index (χ4n) is 2.11. The minimum Gasteiger partial charge on any atom is -0.478 e. The summed E-state index contributed by atoms with van der Waals surface area (Å²) in [4.78, 5) is 15.7. The number of carbonyl (C=O) groups is 1. The van der Waals surface area contributed by atoms with Crippen molar-refractivity contribution in [1.29, 1.82) is 0 Å². The third-order valence-electron chi connectivity index (χ3n) is 3.05. The highest BCUT2D eigenvalue weighted by molar-refractivity contribution is 5.95. The molecule has 0 unspecified atom stereocenters. The molecule has 19 heavy (non-hydrogen) atoms. The summed E-state index contributed by atoms with van der Waals surface area (Å²) in [6, 6.07) is 10.9. The molecule has 4 nitrogen and oxygen atoms in total. The van der Waals surface area contributed by atoms with Crippen LogP contribution in [0.3, 0.4) is 0 Å². The Bertz CT molecular complexity index is 775. The number of hydrogen-bond donors (Lipinski definition) is 1. The fourth-order valence-corrected chi connectivity index (χ4v) is 2.11. The lowest BCUT2D eigenvalue weighted by atomic mass is 10.1. The molecule has 0 radical (unpaired) electrons. The molecular formula is C15H12N2O2. The highest BCUT2D eigenvalue weighted by atomic mass is 16.4. The van der Waals surface area contributed by atoms with Crippen LogP contribution >= 0.6 is 0 Å². The van der Waals surface area contributed by atoms with Gasteiger partial charge in [-0.3, -0.25) is 0 Å². The van der Waals surface area contributed by atoms with Gasteiger partial charge < -0.3 is 9.51 Å².